The first-order valence-electron chi connectivity index (χ1n) is 4.34. The molecule has 3 aliphatic carbocycles. The zero-order valence-corrected chi connectivity index (χ0v) is 6.70. The Morgan fingerprint density at radius 3 is 3.00 bits per heavy atom. The lowest BCUT2D eigenvalue weighted by Crippen LogP contribution is -2.25. The largest absolute Gasteiger partial charge is 0.388 e. The third-order valence-electron chi connectivity index (χ3n) is 2.89. The van der Waals surface area contributed by atoms with Crippen molar-refractivity contribution < 1.29 is 5.11 Å². The molecular formula is C11H10O. The van der Waals surface area contributed by atoms with Gasteiger partial charge in [0.15, 0.2) is 0 Å². The maximum Gasteiger partial charge on any atom is 0.0796 e. The van der Waals surface area contributed by atoms with Gasteiger partial charge in [0.25, 0.3) is 0 Å². The van der Waals surface area contributed by atoms with Crippen LogP contribution in [0.15, 0.2) is 24.3 Å². The summed E-state index contributed by atoms with van der Waals surface area (Å²) in [6.45, 7) is 0. The topological polar surface area (TPSA) is 20.2 Å². The van der Waals surface area contributed by atoms with Crippen LogP contribution < -0.4 is 0 Å². The van der Waals surface area contributed by atoms with Crippen LogP contribution in [0.1, 0.15) is 22.6 Å². The van der Waals surface area contributed by atoms with E-state index < -0.39 is 0 Å². The predicted octanol–water partition coefficient (Wildman–Crippen LogP) is 1.71. The molecule has 0 heterocycles. The third-order valence-corrected chi connectivity index (χ3v) is 2.89. The summed E-state index contributed by atoms with van der Waals surface area (Å²) in [5.74, 6) is 0.343. The van der Waals surface area contributed by atoms with E-state index in [9.17, 15) is 5.11 Å². The standard InChI is InChI=1S/C11H10O/c12-11-4-2-8-5-7-1-3-9(8)10(11)6-7/h1-5,10-12H,6H2. The Bertz CT molecular complexity index is 365. The minimum absolute atomic E-state index is 0.266. The predicted molar refractivity (Wildman–Crippen MR) is 47.9 cm³/mol. The molecule has 0 saturated carbocycles. The molecule has 2 unspecified atom stereocenters. The van der Waals surface area contributed by atoms with Crippen LogP contribution in [-0.2, 0) is 6.42 Å². The Hall–Kier alpha value is -1.08. The van der Waals surface area contributed by atoms with Gasteiger partial charge in [-0.3, -0.25) is 0 Å². The zero-order valence-electron chi connectivity index (χ0n) is 6.70. The molecule has 0 fully saturated rings. The van der Waals surface area contributed by atoms with Gasteiger partial charge in [0.1, 0.15) is 0 Å². The van der Waals surface area contributed by atoms with Crippen molar-refractivity contribution in [2.24, 2.45) is 0 Å². The van der Waals surface area contributed by atoms with E-state index in [1.807, 2.05) is 12.2 Å². The molecule has 12 heavy (non-hydrogen) atoms. The molecule has 60 valence electrons. The van der Waals surface area contributed by atoms with E-state index >= 15 is 0 Å². The van der Waals surface area contributed by atoms with Gasteiger partial charge in [-0.25, -0.2) is 0 Å². The second kappa shape index (κ2) is 1.99. The van der Waals surface area contributed by atoms with Crippen LogP contribution in [0.5, 0.6) is 0 Å². The van der Waals surface area contributed by atoms with Crippen LogP contribution in [0.2, 0.25) is 0 Å². The van der Waals surface area contributed by atoms with E-state index in [0.29, 0.717) is 5.92 Å². The van der Waals surface area contributed by atoms with E-state index in [0.717, 1.165) is 6.42 Å². The fourth-order valence-corrected chi connectivity index (χ4v) is 2.24. The van der Waals surface area contributed by atoms with Gasteiger partial charge in [0.05, 0.1) is 6.10 Å². The fraction of sp³-hybridized carbons (Fsp3) is 0.273. The van der Waals surface area contributed by atoms with Crippen molar-refractivity contribution in [3.8, 4) is 0 Å². The Labute approximate surface area is 71.3 Å². The van der Waals surface area contributed by atoms with Crippen LogP contribution in [0.3, 0.4) is 0 Å². The molecule has 1 N–H and O–H groups in total. The molecule has 0 spiro atoms. The minimum Gasteiger partial charge on any atom is -0.388 e. The Kier molecular flexibility index (Phi) is 1.07. The monoisotopic (exact) mass is 158 g/mol. The summed E-state index contributed by atoms with van der Waals surface area (Å²) in [5.41, 5.74) is 3.97. The minimum atomic E-state index is -0.266. The van der Waals surface area contributed by atoms with Crippen molar-refractivity contribution in [1.82, 2.24) is 0 Å². The number of fused-ring (bicyclic) bond motifs is 1. The molecule has 0 saturated heterocycles. The second-order valence-corrected chi connectivity index (χ2v) is 3.62. The van der Waals surface area contributed by atoms with E-state index in [1.165, 1.54) is 16.7 Å². The lowest BCUT2D eigenvalue weighted by molar-refractivity contribution is 0.186. The third kappa shape index (κ3) is 0.669. The number of hydrogen-bond acceptors (Lipinski definition) is 1. The molecule has 1 heteroatoms. The van der Waals surface area contributed by atoms with Crippen molar-refractivity contribution in [2.75, 3.05) is 0 Å². The molecule has 0 aliphatic heterocycles. The van der Waals surface area contributed by atoms with Crippen molar-refractivity contribution in [1.29, 1.82) is 0 Å². The molecule has 1 aromatic carbocycles. The van der Waals surface area contributed by atoms with Gasteiger partial charge in [0, 0.05) is 5.92 Å². The summed E-state index contributed by atoms with van der Waals surface area (Å²) in [6.07, 6.45) is 4.67. The van der Waals surface area contributed by atoms with Gasteiger partial charge < -0.3 is 5.11 Å². The highest BCUT2D eigenvalue weighted by atomic mass is 16.3. The van der Waals surface area contributed by atoms with Crippen LogP contribution in [-0.4, -0.2) is 11.2 Å². The quantitative estimate of drug-likeness (QED) is 0.609. The van der Waals surface area contributed by atoms with E-state index in [2.05, 4.69) is 18.2 Å². The van der Waals surface area contributed by atoms with Gasteiger partial charge in [-0.1, -0.05) is 30.4 Å². The number of benzene rings is 1. The first-order valence-corrected chi connectivity index (χ1v) is 4.34. The zero-order chi connectivity index (χ0) is 8.13. The van der Waals surface area contributed by atoms with E-state index in [1.54, 1.807) is 0 Å². The fourth-order valence-electron chi connectivity index (χ4n) is 2.24. The van der Waals surface area contributed by atoms with Crippen LogP contribution in [0.25, 0.3) is 6.08 Å². The summed E-state index contributed by atoms with van der Waals surface area (Å²) in [7, 11) is 0. The molecule has 0 aromatic heterocycles. The number of rotatable bonds is 0. The van der Waals surface area contributed by atoms with Crippen LogP contribution in [0.4, 0.5) is 0 Å². The number of aliphatic hydroxyl groups excluding tert-OH is 1. The average Bonchev–Trinajstić information content (AvgIpc) is 2.13. The molecule has 3 aliphatic rings. The van der Waals surface area contributed by atoms with Gasteiger partial charge in [-0.2, -0.15) is 0 Å². The number of aliphatic hydroxyl groups is 1. The molecule has 2 atom stereocenters. The first-order chi connectivity index (χ1) is 5.84. The van der Waals surface area contributed by atoms with Crippen molar-refractivity contribution in [3.63, 3.8) is 0 Å². The molecule has 0 radical (unpaired) electrons. The maximum absolute atomic E-state index is 9.66. The van der Waals surface area contributed by atoms with Crippen molar-refractivity contribution in [3.05, 3.63) is 41.0 Å². The summed E-state index contributed by atoms with van der Waals surface area (Å²) in [6, 6.07) is 6.51. The molecular weight excluding hydrogens is 148 g/mol. The molecule has 4 bridgehead atoms. The van der Waals surface area contributed by atoms with Gasteiger partial charge >= 0.3 is 0 Å². The Morgan fingerprint density at radius 2 is 2.25 bits per heavy atom. The van der Waals surface area contributed by atoms with Crippen LogP contribution >= 0.6 is 0 Å². The van der Waals surface area contributed by atoms with Gasteiger partial charge in [-0.15, -0.1) is 0 Å². The first kappa shape index (κ1) is 6.44. The highest BCUT2D eigenvalue weighted by molar-refractivity contribution is 5.62. The summed E-state index contributed by atoms with van der Waals surface area (Å²) >= 11 is 0. The normalized spacial score (nSPS) is 29.4. The second-order valence-electron chi connectivity index (χ2n) is 3.62. The number of hydrogen-bond donors (Lipinski definition) is 1. The highest BCUT2D eigenvalue weighted by Gasteiger charge is 2.28. The smallest absolute Gasteiger partial charge is 0.0796 e. The SMILES string of the molecule is OC1C=Cc2cc3ccc2C1C3. The van der Waals surface area contributed by atoms with Crippen molar-refractivity contribution >= 4 is 6.08 Å². The van der Waals surface area contributed by atoms with Crippen molar-refractivity contribution in [2.45, 2.75) is 18.4 Å². The summed E-state index contributed by atoms with van der Waals surface area (Å²) in [5, 5.41) is 9.66. The highest BCUT2D eigenvalue weighted by Crippen LogP contribution is 2.37. The molecule has 1 nitrogen and oxygen atoms in total. The Balaban J connectivity index is 2.30. The maximum atomic E-state index is 9.66. The lowest BCUT2D eigenvalue weighted by Gasteiger charge is -2.31. The van der Waals surface area contributed by atoms with Gasteiger partial charge in [-0.05, 0) is 23.1 Å². The van der Waals surface area contributed by atoms with E-state index in [-0.39, 0.29) is 6.10 Å². The lowest BCUT2D eigenvalue weighted by atomic mass is 9.76. The summed E-state index contributed by atoms with van der Waals surface area (Å²) < 4.78 is 0. The summed E-state index contributed by atoms with van der Waals surface area (Å²) in [4.78, 5) is 0. The van der Waals surface area contributed by atoms with Gasteiger partial charge in [0.2, 0.25) is 0 Å². The molecule has 0 amide bonds. The van der Waals surface area contributed by atoms with Crippen LogP contribution in [0, 0.1) is 0 Å². The average molecular weight is 158 g/mol. The molecule has 4 rings (SSSR count). The molecule has 1 aromatic rings. The Morgan fingerprint density at radius 1 is 1.33 bits per heavy atom. The van der Waals surface area contributed by atoms with E-state index in [4.69, 9.17) is 0 Å².